The van der Waals surface area contributed by atoms with Crippen LogP contribution in [-0.2, 0) is 0 Å². The van der Waals surface area contributed by atoms with E-state index in [1.54, 1.807) is 11.9 Å². The van der Waals surface area contributed by atoms with Gasteiger partial charge >= 0.3 is 0 Å². The molecule has 3 rings (SSSR count). The summed E-state index contributed by atoms with van der Waals surface area (Å²) in [6.45, 7) is 0.728. The van der Waals surface area contributed by atoms with Gasteiger partial charge in [-0.15, -0.1) is 0 Å². The first-order valence-corrected chi connectivity index (χ1v) is 7.63. The van der Waals surface area contributed by atoms with E-state index in [2.05, 4.69) is 0 Å². The number of carbonyl (C=O) groups is 1. The van der Waals surface area contributed by atoms with E-state index in [1.165, 1.54) is 43.9 Å². The van der Waals surface area contributed by atoms with Crippen LogP contribution in [0, 0.1) is 23.6 Å². The van der Waals surface area contributed by atoms with Crippen molar-refractivity contribution < 1.29 is 9.18 Å². The lowest BCUT2D eigenvalue weighted by molar-refractivity contribution is 0.0749. The Kier molecular flexibility index (Phi) is 3.72. The Morgan fingerprint density at radius 2 is 2.20 bits per heavy atom. The van der Waals surface area contributed by atoms with Crippen molar-refractivity contribution in [3.63, 3.8) is 0 Å². The molecule has 108 valence electrons. The van der Waals surface area contributed by atoms with Crippen LogP contribution in [0.3, 0.4) is 0 Å². The summed E-state index contributed by atoms with van der Waals surface area (Å²) in [6, 6.07) is 4.13. The normalized spacial score (nSPS) is 27.9. The van der Waals surface area contributed by atoms with Gasteiger partial charge in [0.1, 0.15) is 5.82 Å². The molecule has 2 aliphatic rings. The topological polar surface area (TPSA) is 20.3 Å². The van der Waals surface area contributed by atoms with E-state index in [9.17, 15) is 9.18 Å². The number of carbonyl (C=O) groups excluding carboxylic acids is 1. The highest BCUT2D eigenvalue weighted by molar-refractivity contribution is 6.30. The van der Waals surface area contributed by atoms with Crippen LogP contribution in [0.25, 0.3) is 0 Å². The van der Waals surface area contributed by atoms with Gasteiger partial charge in [0.05, 0.1) is 5.56 Å². The molecule has 3 atom stereocenters. The number of hydrogen-bond acceptors (Lipinski definition) is 1. The predicted octanol–water partition coefficient (Wildman–Crippen LogP) is 3.99. The van der Waals surface area contributed by atoms with Crippen LogP contribution < -0.4 is 0 Å². The first kappa shape index (κ1) is 13.9. The minimum absolute atomic E-state index is 0.0724. The summed E-state index contributed by atoms with van der Waals surface area (Å²) in [6.07, 6.45) is 5.18. The quantitative estimate of drug-likeness (QED) is 0.826. The van der Waals surface area contributed by atoms with Gasteiger partial charge in [-0.2, -0.15) is 0 Å². The summed E-state index contributed by atoms with van der Waals surface area (Å²) in [7, 11) is 1.76. The predicted molar refractivity (Wildman–Crippen MR) is 77.3 cm³/mol. The molecule has 0 saturated heterocycles. The van der Waals surface area contributed by atoms with Gasteiger partial charge < -0.3 is 4.90 Å². The molecule has 2 bridgehead atoms. The second-order valence-corrected chi connectivity index (χ2v) is 6.68. The van der Waals surface area contributed by atoms with Gasteiger partial charge in [0.15, 0.2) is 0 Å². The lowest BCUT2D eigenvalue weighted by atomic mass is 9.88. The van der Waals surface area contributed by atoms with E-state index >= 15 is 0 Å². The van der Waals surface area contributed by atoms with E-state index in [4.69, 9.17) is 11.6 Å². The van der Waals surface area contributed by atoms with E-state index in [0.717, 1.165) is 18.4 Å². The molecule has 1 aromatic carbocycles. The van der Waals surface area contributed by atoms with E-state index in [1.807, 2.05) is 0 Å². The molecule has 0 N–H and O–H groups in total. The number of amides is 1. The van der Waals surface area contributed by atoms with Crippen molar-refractivity contribution in [2.45, 2.75) is 25.7 Å². The summed E-state index contributed by atoms with van der Waals surface area (Å²) in [5, 5.41) is 0.392. The maximum atomic E-state index is 13.7. The van der Waals surface area contributed by atoms with Crippen molar-refractivity contribution in [3.8, 4) is 0 Å². The minimum atomic E-state index is -0.501. The zero-order chi connectivity index (χ0) is 14.3. The number of benzene rings is 1. The Bertz CT molecular complexity index is 533. The van der Waals surface area contributed by atoms with Crippen molar-refractivity contribution >= 4 is 17.5 Å². The minimum Gasteiger partial charge on any atom is -0.341 e. The summed E-state index contributed by atoms with van der Waals surface area (Å²) in [4.78, 5) is 14.0. The monoisotopic (exact) mass is 295 g/mol. The average Bonchev–Trinajstić information content (AvgIpc) is 3.03. The first-order chi connectivity index (χ1) is 9.54. The van der Waals surface area contributed by atoms with Crippen LogP contribution >= 0.6 is 11.6 Å². The van der Waals surface area contributed by atoms with Crippen LogP contribution in [-0.4, -0.2) is 24.4 Å². The standard InChI is InChI=1S/C16H19ClFNO/c1-19(9-12-7-10-2-3-11(12)6-10)16(20)14-8-13(17)4-5-15(14)18/h4-5,8,10-12H,2-3,6-7,9H2,1H3. The first-order valence-electron chi connectivity index (χ1n) is 7.25. The third-order valence-electron chi connectivity index (χ3n) is 4.90. The van der Waals surface area contributed by atoms with Crippen molar-refractivity contribution in [1.29, 1.82) is 0 Å². The summed E-state index contributed by atoms with van der Waals surface area (Å²) < 4.78 is 13.7. The van der Waals surface area contributed by atoms with Crippen LogP contribution in [0.5, 0.6) is 0 Å². The molecule has 2 aliphatic carbocycles. The number of halogens is 2. The Morgan fingerprint density at radius 1 is 1.40 bits per heavy atom. The number of fused-ring (bicyclic) bond motifs is 2. The number of nitrogens with zero attached hydrogens (tertiary/aromatic N) is 1. The van der Waals surface area contributed by atoms with Crippen molar-refractivity contribution in [3.05, 3.63) is 34.6 Å². The summed E-state index contributed by atoms with van der Waals surface area (Å²) in [5.41, 5.74) is 0.0724. The van der Waals surface area contributed by atoms with Gasteiger partial charge in [0.2, 0.25) is 0 Å². The molecule has 1 amide bonds. The number of rotatable bonds is 3. The van der Waals surface area contributed by atoms with Gasteiger partial charge in [-0.1, -0.05) is 18.0 Å². The fourth-order valence-corrected chi connectivity index (χ4v) is 4.07. The van der Waals surface area contributed by atoms with Gasteiger partial charge in [-0.3, -0.25) is 4.79 Å². The highest BCUT2D eigenvalue weighted by Crippen LogP contribution is 2.48. The van der Waals surface area contributed by atoms with Crippen LogP contribution in [0.4, 0.5) is 4.39 Å². The Morgan fingerprint density at radius 3 is 2.85 bits per heavy atom. The highest BCUT2D eigenvalue weighted by atomic mass is 35.5. The van der Waals surface area contributed by atoms with Crippen LogP contribution in [0.2, 0.25) is 5.02 Å². The molecule has 0 radical (unpaired) electrons. The number of hydrogen-bond donors (Lipinski definition) is 0. The SMILES string of the molecule is CN(CC1CC2CCC1C2)C(=O)c1cc(Cl)ccc1F. The van der Waals surface area contributed by atoms with Crippen molar-refractivity contribution in [1.82, 2.24) is 4.90 Å². The summed E-state index contributed by atoms with van der Waals surface area (Å²) in [5.74, 6) is 1.44. The molecule has 0 spiro atoms. The van der Waals surface area contributed by atoms with Crippen molar-refractivity contribution in [2.75, 3.05) is 13.6 Å². The molecule has 1 aromatic rings. The van der Waals surface area contributed by atoms with Gasteiger partial charge in [-0.05, 0) is 55.2 Å². The molecular formula is C16H19ClFNO. The molecule has 2 saturated carbocycles. The Balaban J connectivity index is 1.69. The van der Waals surface area contributed by atoms with E-state index < -0.39 is 5.82 Å². The third kappa shape index (κ3) is 2.56. The highest BCUT2D eigenvalue weighted by Gasteiger charge is 2.40. The molecule has 2 fully saturated rings. The smallest absolute Gasteiger partial charge is 0.256 e. The largest absolute Gasteiger partial charge is 0.341 e. The zero-order valence-electron chi connectivity index (χ0n) is 11.6. The molecule has 3 unspecified atom stereocenters. The molecule has 0 heterocycles. The fraction of sp³-hybridized carbons (Fsp3) is 0.562. The molecule has 0 aliphatic heterocycles. The Labute approximate surface area is 123 Å². The van der Waals surface area contributed by atoms with Gasteiger partial charge in [-0.25, -0.2) is 4.39 Å². The molecule has 0 aromatic heterocycles. The molecule has 2 nitrogen and oxygen atoms in total. The maximum Gasteiger partial charge on any atom is 0.256 e. The lowest BCUT2D eigenvalue weighted by Crippen LogP contribution is -2.34. The van der Waals surface area contributed by atoms with E-state index in [-0.39, 0.29) is 11.5 Å². The lowest BCUT2D eigenvalue weighted by Gasteiger charge is -2.27. The third-order valence-corrected chi connectivity index (χ3v) is 5.13. The van der Waals surface area contributed by atoms with Crippen molar-refractivity contribution in [2.24, 2.45) is 17.8 Å². The second-order valence-electron chi connectivity index (χ2n) is 6.24. The summed E-state index contributed by atoms with van der Waals surface area (Å²) >= 11 is 5.85. The molecule has 20 heavy (non-hydrogen) atoms. The van der Waals surface area contributed by atoms with Crippen LogP contribution in [0.1, 0.15) is 36.0 Å². The van der Waals surface area contributed by atoms with Gasteiger partial charge in [0, 0.05) is 18.6 Å². The molecule has 4 heteroatoms. The Hall–Kier alpha value is -1.09. The molecular weight excluding hydrogens is 277 g/mol. The van der Waals surface area contributed by atoms with Crippen LogP contribution in [0.15, 0.2) is 18.2 Å². The maximum absolute atomic E-state index is 13.7. The second kappa shape index (κ2) is 5.36. The zero-order valence-corrected chi connectivity index (χ0v) is 12.4. The fourth-order valence-electron chi connectivity index (χ4n) is 3.90. The van der Waals surface area contributed by atoms with Gasteiger partial charge in [0.25, 0.3) is 5.91 Å². The van der Waals surface area contributed by atoms with E-state index in [0.29, 0.717) is 10.9 Å². The average molecular weight is 296 g/mol.